The Hall–Kier alpha value is -2.89. The van der Waals surface area contributed by atoms with Gasteiger partial charge in [0, 0.05) is 12.0 Å². The Labute approximate surface area is 138 Å². The van der Waals surface area contributed by atoms with Gasteiger partial charge in [-0.15, -0.1) is 0 Å². The second-order valence-corrected chi connectivity index (χ2v) is 5.58. The number of hydrogen-bond donors (Lipinski definition) is 2. The second kappa shape index (κ2) is 7.12. The number of alkyl carbamates (subject to hydrolysis) is 1. The average molecular weight is 328 g/mol. The zero-order valence-electron chi connectivity index (χ0n) is 12.9. The molecule has 1 aliphatic rings. The van der Waals surface area contributed by atoms with Crippen molar-refractivity contribution >= 4 is 12.0 Å². The van der Waals surface area contributed by atoms with E-state index in [9.17, 15) is 14.0 Å². The number of amides is 2. The van der Waals surface area contributed by atoms with E-state index in [2.05, 4.69) is 10.6 Å². The van der Waals surface area contributed by atoms with Crippen molar-refractivity contribution in [1.82, 2.24) is 10.6 Å². The lowest BCUT2D eigenvalue weighted by atomic mass is 10.0. The van der Waals surface area contributed by atoms with Crippen LogP contribution >= 0.6 is 0 Å². The van der Waals surface area contributed by atoms with Gasteiger partial charge >= 0.3 is 6.09 Å². The molecule has 1 fully saturated rings. The molecule has 2 atom stereocenters. The monoisotopic (exact) mass is 328 g/mol. The van der Waals surface area contributed by atoms with E-state index in [0.717, 1.165) is 5.56 Å². The van der Waals surface area contributed by atoms with Crippen molar-refractivity contribution in [2.45, 2.75) is 25.1 Å². The Kier molecular flexibility index (Phi) is 4.74. The molecule has 2 N–H and O–H groups in total. The highest BCUT2D eigenvalue weighted by Crippen LogP contribution is 2.26. The molecule has 2 aromatic carbocycles. The fraction of sp³-hybridized carbons (Fsp3) is 0.222. The highest BCUT2D eigenvalue weighted by Gasteiger charge is 2.36. The highest BCUT2D eigenvalue weighted by atomic mass is 19.1. The fourth-order valence-electron chi connectivity index (χ4n) is 2.72. The number of carbonyl (C=O) groups excluding carboxylic acids is 2. The fourth-order valence-corrected chi connectivity index (χ4v) is 2.72. The maximum atomic E-state index is 14.0. The summed E-state index contributed by atoms with van der Waals surface area (Å²) in [5, 5.41) is 5.34. The van der Waals surface area contributed by atoms with E-state index < -0.39 is 24.0 Å². The number of halogens is 1. The average Bonchev–Trinajstić information content (AvgIpc) is 2.94. The van der Waals surface area contributed by atoms with Gasteiger partial charge in [-0.3, -0.25) is 4.79 Å². The minimum absolute atomic E-state index is 0.0828. The quantitative estimate of drug-likeness (QED) is 0.907. The second-order valence-electron chi connectivity index (χ2n) is 5.58. The third kappa shape index (κ3) is 3.71. The van der Waals surface area contributed by atoms with Crippen LogP contribution in [0.25, 0.3) is 0 Å². The molecule has 24 heavy (non-hydrogen) atoms. The van der Waals surface area contributed by atoms with Crippen LogP contribution < -0.4 is 10.6 Å². The van der Waals surface area contributed by atoms with Crippen LogP contribution in [-0.4, -0.2) is 18.0 Å². The number of benzene rings is 2. The Balaban J connectivity index is 1.63. The van der Waals surface area contributed by atoms with Gasteiger partial charge in [0.1, 0.15) is 12.4 Å². The molecule has 0 bridgehead atoms. The van der Waals surface area contributed by atoms with Crippen LogP contribution in [0, 0.1) is 5.82 Å². The molecule has 2 amide bonds. The van der Waals surface area contributed by atoms with Crippen LogP contribution in [-0.2, 0) is 16.1 Å². The molecule has 0 radical (unpaired) electrons. The number of hydrogen-bond acceptors (Lipinski definition) is 3. The number of rotatable bonds is 4. The molecule has 0 aliphatic carbocycles. The Morgan fingerprint density at radius 2 is 1.88 bits per heavy atom. The first-order chi connectivity index (χ1) is 11.6. The molecule has 3 rings (SSSR count). The third-order valence-electron chi connectivity index (χ3n) is 3.88. The molecule has 1 saturated heterocycles. The van der Waals surface area contributed by atoms with Crippen molar-refractivity contribution in [2.75, 3.05) is 0 Å². The van der Waals surface area contributed by atoms with Crippen LogP contribution in [0.15, 0.2) is 54.6 Å². The summed E-state index contributed by atoms with van der Waals surface area (Å²) >= 11 is 0. The summed E-state index contributed by atoms with van der Waals surface area (Å²) in [6, 6.07) is 14.3. The van der Waals surface area contributed by atoms with Gasteiger partial charge in [0.2, 0.25) is 5.91 Å². The predicted octanol–water partition coefficient (Wildman–Crippen LogP) is 2.68. The molecular formula is C18H17FN2O3. The third-order valence-corrected chi connectivity index (χ3v) is 3.88. The van der Waals surface area contributed by atoms with Gasteiger partial charge in [0.15, 0.2) is 0 Å². The molecular weight excluding hydrogens is 311 g/mol. The first-order valence-electron chi connectivity index (χ1n) is 7.64. The Morgan fingerprint density at radius 1 is 1.17 bits per heavy atom. The van der Waals surface area contributed by atoms with Crippen LogP contribution in [0.4, 0.5) is 9.18 Å². The van der Waals surface area contributed by atoms with Gasteiger partial charge in [0.25, 0.3) is 0 Å². The zero-order chi connectivity index (χ0) is 16.9. The number of carbonyl (C=O) groups is 2. The minimum Gasteiger partial charge on any atom is -0.445 e. The normalized spacial score (nSPS) is 19.6. The van der Waals surface area contributed by atoms with Gasteiger partial charge in [-0.1, -0.05) is 48.5 Å². The lowest BCUT2D eigenvalue weighted by Gasteiger charge is -2.20. The van der Waals surface area contributed by atoms with Gasteiger partial charge in [-0.2, -0.15) is 0 Å². The van der Waals surface area contributed by atoms with E-state index in [-0.39, 0.29) is 18.9 Å². The molecule has 0 saturated carbocycles. The van der Waals surface area contributed by atoms with Crippen LogP contribution in [0.5, 0.6) is 0 Å². The summed E-state index contributed by atoms with van der Waals surface area (Å²) in [5.41, 5.74) is 1.20. The van der Waals surface area contributed by atoms with Crippen molar-refractivity contribution < 1.29 is 18.7 Å². The summed E-state index contributed by atoms with van der Waals surface area (Å²) in [5.74, 6) is -0.661. The smallest absolute Gasteiger partial charge is 0.407 e. The summed E-state index contributed by atoms with van der Waals surface area (Å²) in [4.78, 5) is 23.7. The number of nitrogens with one attached hydrogen (secondary N) is 2. The predicted molar refractivity (Wildman–Crippen MR) is 85.5 cm³/mol. The van der Waals surface area contributed by atoms with E-state index in [0.29, 0.717) is 5.56 Å². The number of ether oxygens (including phenoxy) is 1. The van der Waals surface area contributed by atoms with Crippen molar-refractivity contribution in [3.8, 4) is 0 Å². The van der Waals surface area contributed by atoms with E-state index in [1.807, 2.05) is 30.3 Å². The van der Waals surface area contributed by atoms with E-state index >= 15 is 0 Å². The summed E-state index contributed by atoms with van der Waals surface area (Å²) < 4.78 is 19.1. The lowest BCUT2D eigenvalue weighted by molar-refractivity contribution is -0.119. The first kappa shape index (κ1) is 16.0. The largest absolute Gasteiger partial charge is 0.445 e. The molecule has 2 aromatic rings. The standard InChI is InChI=1S/C18H17FN2O3/c19-14-9-5-4-8-13(14)17-15(10-16(22)21-17)20-18(23)24-11-12-6-2-1-3-7-12/h1-9,15,17H,10-11H2,(H,20,23)(H,21,22)/t15-,17+/m0/s1. The molecule has 0 aromatic heterocycles. The SMILES string of the molecule is O=C1C[C@H](NC(=O)OCc2ccccc2)[C@@H](c2ccccc2F)N1. The zero-order valence-corrected chi connectivity index (χ0v) is 12.9. The van der Waals surface area contributed by atoms with Gasteiger partial charge in [-0.25, -0.2) is 9.18 Å². The minimum atomic E-state index is -0.637. The van der Waals surface area contributed by atoms with Crippen molar-refractivity contribution in [1.29, 1.82) is 0 Å². The molecule has 1 aliphatic heterocycles. The maximum Gasteiger partial charge on any atom is 0.407 e. The summed E-state index contributed by atoms with van der Waals surface area (Å²) in [6.45, 7) is 0.130. The van der Waals surface area contributed by atoms with Crippen molar-refractivity contribution in [2.24, 2.45) is 0 Å². The molecule has 124 valence electrons. The van der Waals surface area contributed by atoms with Crippen molar-refractivity contribution in [3.05, 3.63) is 71.5 Å². The van der Waals surface area contributed by atoms with Gasteiger partial charge in [-0.05, 0) is 11.6 Å². The van der Waals surface area contributed by atoms with E-state index in [1.54, 1.807) is 18.2 Å². The summed E-state index contributed by atoms with van der Waals surface area (Å²) in [6.07, 6.45) is -0.555. The van der Waals surface area contributed by atoms with Crippen LogP contribution in [0.2, 0.25) is 0 Å². The molecule has 5 nitrogen and oxygen atoms in total. The topological polar surface area (TPSA) is 67.4 Å². The Bertz CT molecular complexity index is 736. The molecule has 1 heterocycles. The molecule has 0 spiro atoms. The van der Waals surface area contributed by atoms with Crippen LogP contribution in [0.1, 0.15) is 23.6 Å². The van der Waals surface area contributed by atoms with Crippen LogP contribution in [0.3, 0.4) is 0 Å². The van der Waals surface area contributed by atoms with E-state index in [4.69, 9.17) is 4.74 Å². The molecule has 0 unspecified atom stereocenters. The van der Waals surface area contributed by atoms with E-state index in [1.165, 1.54) is 6.07 Å². The summed E-state index contributed by atoms with van der Waals surface area (Å²) in [7, 11) is 0. The maximum absolute atomic E-state index is 14.0. The first-order valence-corrected chi connectivity index (χ1v) is 7.64. The lowest BCUT2D eigenvalue weighted by Crippen LogP contribution is -2.39. The van der Waals surface area contributed by atoms with Gasteiger partial charge < -0.3 is 15.4 Å². The van der Waals surface area contributed by atoms with Gasteiger partial charge in [0.05, 0.1) is 12.1 Å². The van der Waals surface area contributed by atoms with Crippen molar-refractivity contribution in [3.63, 3.8) is 0 Å². The highest BCUT2D eigenvalue weighted by molar-refractivity contribution is 5.81. The Morgan fingerprint density at radius 3 is 2.62 bits per heavy atom. The molecule has 6 heteroatoms.